The predicted molar refractivity (Wildman–Crippen MR) is 132 cm³/mol. The van der Waals surface area contributed by atoms with Gasteiger partial charge >= 0.3 is 0 Å². The number of benzene rings is 3. The number of aryl methyl sites for hydroxylation is 1. The van der Waals surface area contributed by atoms with Crippen LogP contribution in [0.3, 0.4) is 0 Å². The summed E-state index contributed by atoms with van der Waals surface area (Å²) in [6.45, 7) is 1.78. The van der Waals surface area contributed by atoms with E-state index in [1.165, 1.54) is 37.1 Å². The largest absolute Gasteiger partial charge is 0.496 e. The third kappa shape index (κ3) is 4.94. The van der Waals surface area contributed by atoms with Gasteiger partial charge in [-0.15, -0.1) is 11.8 Å². The van der Waals surface area contributed by atoms with Gasteiger partial charge in [-0.2, -0.15) is 0 Å². The molecule has 0 aliphatic heterocycles. The molecule has 1 aromatic heterocycles. The summed E-state index contributed by atoms with van der Waals surface area (Å²) >= 11 is 4.46. The summed E-state index contributed by atoms with van der Waals surface area (Å²) in [5, 5.41) is 3.16. The third-order valence-electron chi connectivity index (χ3n) is 4.92. The molecular formula is C24H19BrFN3O3S. The second-order valence-corrected chi connectivity index (χ2v) is 9.02. The monoisotopic (exact) mass is 527 g/mol. The molecule has 4 rings (SSSR count). The van der Waals surface area contributed by atoms with E-state index >= 15 is 0 Å². The lowest BCUT2D eigenvalue weighted by atomic mass is 10.2. The minimum absolute atomic E-state index is 0.183. The van der Waals surface area contributed by atoms with Gasteiger partial charge in [0.05, 0.1) is 28.5 Å². The van der Waals surface area contributed by atoms with Crippen molar-refractivity contribution < 1.29 is 13.9 Å². The van der Waals surface area contributed by atoms with Crippen molar-refractivity contribution in [2.75, 3.05) is 18.2 Å². The van der Waals surface area contributed by atoms with Crippen molar-refractivity contribution in [2.45, 2.75) is 11.8 Å². The molecular weight excluding hydrogens is 509 g/mol. The van der Waals surface area contributed by atoms with Crippen LogP contribution in [0.5, 0.6) is 5.75 Å². The minimum Gasteiger partial charge on any atom is -0.496 e. The first kappa shape index (κ1) is 23.0. The number of nitrogens with zero attached hydrogens (tertiary/aromatic N) is 2. The van der Waals surface area contributed by atoms with Crippen molar-refractivity contribution >= 4 is 50.2 Å². The van der Waals surface area contributed by atoms with Crippen molar-refractivity contribution in [3.8, 4) is 11.4 Å². The van der Waals surface area contributed by atoms with Crippen molar-refractivity contribution in [1.29, 1.82) is 0 Å². The second-order valence-electron chi connectivity index (χ2n) is 7.11. The molecule has 0 atom stereocenters. The highest BCUT2D eigenvalue weighted by atomic mass is 79.9. The summed E-state index contributed by atoms with van der Waals surface area (Å²) in [7, 11) is 1.52. The number of methoxy groups -OCH3 is 1. The molecule has 0 radical (unpaired) electrons. The third-order valence-corrected chi connectivity index (χ3v) is 6.53. The van der Waals surface area contributed by atoms with Crippen molar-refractivity contribution in [1.82, 2.24) is 9.55 Å². The normalized spacial score (nSPS) is 10.9. The molecule has 0 aliphatic rings. The van der Waals surface area contributed by atoms with E-state index in [1.807, 2.05) is 24.3 Å². The molecule has 0 aliphatic carbocycles. The number of aromatic nitrogens is 2. The van der Waals surface area contributed by atoms with Crippen molar-refractivity contribution in [3.63, 3.8) is 0 Å². The molecule has 1 heterocycles. The Labute approximate surface area is 201 Å². The SMILES string of the molecule is COc1cccc2nc(C)n(-c3ccc(SCC(=O)Nc4ccc(F)c(Br)c4)cc3)c(=O)c12. The van der Waals surface area contributed by atoms with Gasteiger partial charge in [0, 0.05) is 10.6 Å². The number of rotatable bonds is 6. The van der Waals surface area contributed by atoms with E-state index in [0.29, 0.717) is 33.9 Å². The molecule has 0 bridgehead atoms. The Hall–Kier alpha value is -3.17. The van der Waals surface area contributed by atoms with Crippen LogP contribution in [0.2, 0.25) is 0 Å². The van der Waals surface area contributed by atoms with E-state index in [1.54, 1.807) is 29.7 Å². The first-order valence-corrected chi connectivity index (χ1v) is 11.7. The number of anilines is 1. The molecule has 0 fully saturated rings. The number of hydrogen-bond donors (Lipinski definition) is 1. The number of amides is 1. The number of carbonyl (C=O) groups is 1. The summed E-state index contributed by atoms with van der Waals surface area (Å²) in [5.41, 5.74) is 1.56. The van der Waals surface area contributed by atoms with Crippen LogP contribution in [-0.2, 0) is 4.79 Å². The Bertz CT molecular complexity index is 1410. The molecule has 0 saturated carbocycles. The Morgan fingerprint density at radius 3 is 2.64 bits per heavy atom. The average molecular weight is 528 g/mol. The van der Waals surface area contributed by atoms with Gasteiger partial charge in [0.1, 0.15) is 22.8 Å². The maximum Gasteiger partial charge on any atom is 0.269 e. The van der Waals surface area contributed by atoms with Gasteiger partial charge in [-0.3, -0.25) is 14.2 Å². The molecule has 33 heavy (non-hydrogen) atoms. The standard InChI is InChI=1S/C24H19BrFN3O3S/c1-14-27-20-4-3-5-21(32-2)23(20)24(31)29(14)16-7-9-17(10-8-16)33-13-22(30)28-15-6-11-19(26)18(25)12-15/h3-12H,13H2,1-2H3,(H,28,30). The van der Waals surface area contributed by atoms with E-state index in [2.05, 4.69) is 26.2 Å². The van der Waals surface area contributed by atoms with Gasteiger partial charge in [0.25, 0.3) is 5.56 Å². The number of nitrogens with one attached hydrogen (secondary N) is 1. The summed E-state index contributed by atoms with van der Waals surface area (Å²) in [4.78, 5) is 30.9. The average Bonchev–Trinajstić information content (AvgIpc) is 2.80. The fraction of sp³-hybridized carbons (Fsp3) is 0.125. The fourth-order valence-electron chi connectivity index (χ4n) is 3.40. The molecule has 6 nitrogen and oxygen atoms in total. The lowest BCUT2D eigenvalue weighted by molar-refractivity contribution is -0.113. The molecule has 9 heteroatoms. The van der Waals surface area contributed by atoms with E-state index in [0.717, 1.165) is 4.90 Å². The van der Waals surface area contributed by atoms with Crippen LogP contribution >= 0.6 is 27.7 Å². The first-order chi connectivity index (χ1) is 15.9. The van der Waals surface area contributed by atoms with Crippen LogP contribution in [0, 0.1) is 12.7 Å². The second kappa shape index (κ2) is 9.76. The van der Waals surface area contributed by atoms with Crippen LogP contribution in [-0.4, -0.2) is 28.3 Å². The predicted octanol–water partition coefficient (Wildman–Crippen LogP) is 5.34. The number of halogens is 2. The molecule has 1 amide bonds. The smallest absolute Gasteiger partial charge is 0.269 e. The van der Waals surface area contributed by atoms with Crippen molar-refractivity contribution in [2.24, 2.45) is 0 Å². The number of ether oxygens (including phenoxy) is 1. The summed E-state index contributed by atoms with van der Waals surface area (Å²) < 4.78 is 20.5. The molecule has 0 spiro atoms. The maximum absolute atomic E-state index is 13.3. The van der Waals surface area contributed by atoms with E-state index < -0.39 is 5.82 Å². The molecule has 3 aromatic carbocycles. The molecule has 0 unspecified atom stereocenters. The Morgan fingerprint density at radius 2 is 1.94 bits per heavy atom. The van der Waals surface area contributed by atoms with Gasteiger partial charge in [-0.1, -0.05) is 6.07 Å². The fourth-order valence-corrected chi connectivity index (χ4v) is 4.47. The van der Waals surface area contributed by atoms with Crippen molar-refractivity contribution in [3.05, 3.63) is 87.1 Å². The van der Waals surface area contributed by atoms with Gasteiger partial charge in [-0.05, 0) is 77.5 Å². The zero-order valence-corrected chi connectivity index (χ0v) is 20.2. The highest BCUT2D eigenvalue weighted by Gasteiger charge is 2.14. The number of thioether (sulfide) groups is 1. The van der Waals surface area contributed by atoms with Crippen LogP contribution < -0.4 is 15.6 Å². The molecule has 0 saturated heterocycles. The quantitative estimate of drug-likeness (QED) is 0.343. The highest BCUT2D eigenvalue weighted by molar-refractivity contribution is 9.10. The minimum atomic E-state index is -0.392. The van der Waals surface area contributed by atoms with Gasteiger partial charge < -0.3 is 10.1 Å². The highest BCUT2D eigenvalue weighted by Crippen LogP contribution is 2.24. The van der Waals surface area contributed by atoms with Gasteiger partial charge in [0.2, 0.25) is 5.91 Å². The maximum atomic E-state index is 13.3. The van der Waals surface area contributed by atoms with Crippen LogP contribution in [0.25, 0.3) is 16.6 Å². The summed E-state index contributed by atoms with van der Waals surface area (Å²) in [6.07, 6.45) is 0. The van der Waals surface area contributed by atoms with E-state index in [9.17, 15) is 14.0 Å². The van der Waals surface area contributed by atoms with Gasteiger partial charge in [-0.25, -0.2) is 9.37 Å². The van der Waals surface area contributed by atoms with E-state index in [-0.39, 0.29) is 21.7 Å². The van der Waals surface area contributed by atoms with Crippen LogP contribution in [0.4, 0.5) is 10.1 Å². The first-order valence-electron chi connectivity index (χ1n) is 9.92. The zero-order chi connectivity index (χ0) is 23.5. The number of hydrogen-bond acceptors (Lipinski definition) is 5. The van der Waals surface area contributed by atoms with Crippen LogP contribution in [0.15, 0.2) is 74.8 Å². The van der Waals surface area contributed by atoms with Crippen LogP contribution in [0.1, 0.15) is 5.82 Å². The lowest BCUT2D eigenvalue weighted by Gasteiger charge is -2.13. The Kier molecular flexibility index (Phi) is 6.80. The molecule has 168 valence electrons. The Morgan fingerprint density at radius 1 is 1.18 bits per heavy atom. The lowest BCUT2D eigenvalue weighted by Crippen LogP contribution is -2.22. The molecule has 1 N–H and O–H groups in total. The summed E-state index contributed by atoms with van der Waals surface area (Å²) in [5.74, 6) is 0.621. The zero-order valence-electron chi connectivity index (χ0n) is 17.8. The number of carbonyl (C=O) groups excluding carboxylic acids is 1. The topological polar surface area (TPSA) is 73.2 Å². The number of fused-ring (bicyclic) bond motifs is 1. The van der Waals surface area contributed by atoms with Gasteiger partial charge in [0.15, 0.2) is 0 Å². The van der Waals surface area contributed by atoms with E-state index in [4.69, 9.17) is 4.74 Å². The summed E-state index contributed by atoms with van der Waals surface area (Å²) in [6, 6.07) is 16.9. The molecule has 4 aromatic rings. The Balaban J connectivity index is 1.50.